The molecule has 0 aliphatic carbocycles. The molecule has 0 saturated heterocycles. The van der Waals surface area contributed by atoms with E-state index in [1.807, 2.05) is 39.0 Å². The van der Waals surface area contributed by atoms with Crippen LogP contribution in [0.4, 0.5) is 5.69 Å². The Morgan fingerprint density at radius 3 is 2.55 bits per heavy atom. The predicted molar refractivity (Wildman–Crippen MR) is 124 cm³/mol. The van der Waals surface area contributed by atoms with Crippen LogP contribution in [-0.4, -0.2) is 9.97 Å². The summed E-state index contributed by atoms with van der Waals surface area (Å²) in [6, 6.07) is 10.4. The number of aromatic nitrogens is 2. The van der Waals surface area contributed by atoms with E-state index in [0.29, 0.717) is 33.0 Å². The number of nitrogens with zero attached hydrogens (tertiary/aromatic N) is 1. The van der Waals surface area contributed by atoms with Gasteiger partial charge >= 0.3 is 0 Å². The highest BCUT2D eigenvalue weighted by molar-refractivity contribution is 6.29. The average Bonchev–Trinajstić information content (AvgIpc) is 2.73. The quantitative estimate of drug-likeness (QED) is 0.425. The summed E-state index contributed by atoms with van der Waals surface area (Å²) in [6.45, 7) is 7.57. The van der Waals surface area contributed by atoms with Crippen molar-refractivity contribution in [2.75, 3.05) is 5.32 Å². The zero-order valence-corrected chi connectivity index (χ0v) is 18.4. The first-order valence-electron chi connectivity index (χ1n) is 9.91. The van der Waals surface area contributed by atoms with Gasteiger partial charge in [0.2, 0.25) is 5.56 Å². The van der Waals surface area contributed by atoms with Crippen LogP contribution in [0.5, 0.6) is 0 Å². The first-order valence-corrected chi connectivity index (χ1v) is 10.3. The highest BCUT2D eigenvalue weighted by atomic mass is 35.5. The molecule has 0 unspecified atom stereocenters. The van der Waals surface area contributed by atoms with E-state index in [2.05, 4.69) is 15.3 Å². The summed E-state index contributed by atoms with van der Waals surface area (Å²) < 4.78 is 6.29. The van der Waals surface area contributed by atoms with Crippen LogP contribution >= 0.6 is 11.6 Å². The molecule has 3 heterocycles. The second-order valence-corrected chi connectivity index (χ2v) is 8.08. The molecule has 1 atom stereocenters. The van der Waals surface area contributed by atoms with Crippen molar-refractivity contribution in [1.82, 2.24) is 9.97 Å². The Morgan fingerprint density at radius 2 is 1.87 bits per heavy atom. The highest BCUT2D eigenvalue weighted by Gasteiger charge is 2.19. The summed E-state index contributed by atoms with van der Waals surface area (Å²) >= 11 is 5.98. The number of rotatable bonds is 4. The van der Waals surface area contributed by atoms with Crippen LogP contribution in [-0.2, 0) is 0 Å². The van der Waals surface area contributed by atoms with E-state index in [9.17, 15) is 9.59 Å². The van der Waals surface area contributed by atoms with Crippen LogP contribution in [0.25, 0.3) is 22.3 Å². The lowest BCUT2D eigenvalue weighted by Gasteiger charge is -2.19. The minimum atomic E-state index is -0.217. The zero-order valence-electron chi connectivity index (χ0n) is 17.7. The smallest absolute Gasteiger partial charge is 0.247 e. The van der Waals surface area contributed by atoms with Gasteiger partial charge in [-0.1, -0.05) is 17.7 Å². The van der Waals surface area contributed by atoms with Crippen molar-refractivity contribution >= 4 is 28.3 Å². The third-order valence-electron chi connectivity index (χ3n) is 5.33. The lowest BCUT2D eigenvalue weighted by Crippen LogP contribution is -2.13. The Hall–Kier alpha value is -3.38. The van der Waals surface area contributed by atoms with E-state index < -0.39 is 0 Å². The van der Waals surface area contributed by atoms with Crippen LogP contribution in [0.3, 0.4) is 0 Å². The van der Waals surface area contributed by atoms with Crippen LogP contribution in [0.15, 0.2) is 56.6 Å². The summed E-state index contributed by atoms with van der Waals surface area (Å²) in [6.07, 6.45) is 1.55. The monoisotopic (exact) mass is 435 g/mol. The van der Waals surface area contributed by atoms with Crippen molar-refractivity contribution in [2.45, 2.75) is 33.7 Å². The Bertz CT molecular complexity index is 1400. The topological polar surface area (TPSA) is 88.0 Å². The van der Waals surface area contributed by atoms with Crippen molar-refractivity contribution < 1.29 is 4.42 Å². The summed E-state index contributed by atoms with van der Waals surface area (Å²) in [5, 5.41) is 4.41. The molecule has 0 aliphatic rings. The normalized spacial score (nSPS) is 12.2. The molecule has 0 saturated carbocycles. The fraction of sp³-hybridized carbons (Fsp3) is 0.208. The van der Waals surface area contributed by atoms with Crippen molar-refractivity contribution in [1.29, 1.82) is 0 Å². The second kappa shape index (κ2) is 8.04. The van der Waals surface area contributed by atoms with Gasteiger partial charge in [-0.3, -0.25) is 9.59 Å². The molecule has 0 fully saturated rings. The number of aryl methyl sites for hydroxylation is 2. The zero-order chi connectivity index (χ0) is 22.3. The van der Waals surface area contributed by atoms with Gasteiger partial charge in [0.25, 0.3) is 0 Å². The van der Waals surface area contributed by atoms with Gasteiger partial charge in [-0.2, -0.15) is 0 Å². The largest absolute Gasteiger partial charge is 0.455 e. The summed E-state index contributed by atoms with van der Waals surface area (Å²) in [5.41, 5.74) is 4.79. The fourth-order valence-electron chi connectivity index (χ4n) is 3.71. The first kappa shape index (κ1) is 20.9. The van der Waals surface area contributed by atoms with Gasteiger partial charge in [0, 0.05) is 29.0 Å². The van der Waals surface area contributed by atoms with E-state index in [-0.39, 0.29) is 17.0 Å². The number of anilines is 1. The molecule has 31 heavy (non-hydrogen) atoms. The molecule has 158 valence electrons. The molecule has 0 radical (unpaired) electrons. The van der Waals surface area contributed by atoms with Crippen molar-refractivity contribution in [2.24, 2.45) is 0 Å². The van der Waals surface area contributed by atoms with E-state index >= 15 is 0 Å². The maximum atomic E-state index is 13.2. The van der Waals surface area contributed by atoms with E-state index in [4.69, 9.17) is 16.0 Å². The number of pyridine rings is 2. The van der Waals surface area contributed by atoms with Gasteiger partial charge in [-0.25, -0.2) is 4.98 Å². The predicted octanol–water partition coefficient (Wildman–Crippen LogP) is 5.30. The molecule has 0 aliphatic heterocycles. The number of fused-ring (bicyclic) bond motifs is 1. The minimum Gasteiger partial charge on any atom is -0.455 e. The molecule has 4 rings (SSSR count). The molecular formula is C24H22ClN3O3. The van der Waals surface area contributed by atoms with E-state index in [0.717, 1.165) is 22.5 Å². The van der Waals surface area contributed by atoms with E-state index in [1.165, 1.54) is 6.07 Å². The lowest BCUT2D eigenvalue weighted by molar-refractivity contribution is 0.605. The average molecular weight is 436 g/mol. The number of halogens is 1. The Balaban J connectivity index is 1.89. The lowest BCUT2D eigenvalue weighted by atomic mass is 9.99. The molecule has 1 aromatic carbocycles. The molecule has 0 amide bonds. The maximum Gasteiger partial charge on any atom is 0.247 e. The van der Waals surface area contributed by atoms with Gasteiger partial charge in [-0.05, 0) is 57.5 Å². The number of hydrogen-bond acceptors (Lipinski definition) is 5. The molecule has 0 bridgehead atoms. The third-order valence-corrected chi connectivity index (χ3v) is 5.54. The Kier molecular flexibility index (Phi) is 5.41. The molecule has 0 spiro atoms. The standard InChI is InChI=1S/C24H22ClN3O3/c1-12-9-17(14(3)27-19-6-7-20(25)28-15(19)4)24-18(10-12)22(30)13(2)23(31-24)16-5-8-21(29)26-11-16/h5-11,14,27H,1-4H3,(H,26,29)/t14-/m1/s1. The minimum absolute atomic E-state index is 0.0936. The second-order valence-electron chi connectivity index (χ2n) is 7.69. The SMILES string of the molecule is Cc1cc([C@@H](C)Nc2ccc(Cl)nc2C)c2oc(-c3ccc(=O)[nH]c3)c(C)c(=O)c2c1. The van der Waals surface area contributed by atoms with Gasteiger partial charge in [-0.15, -0.1) is 0 Å². The number of nitrogens with one attached hydrogen (secondary N) is 2. The van der Waals surface area contributed by atoms with Crippen LogP contribution < -0.4 is 16.3 Å². The van der Waals surface area contributed by atoms with E-state index in [1.54, 1.807) is 25.3 Å². The third kappa shape index (κ3) is 3.99. The number of benzene rings is 1. The molecule has 6 nitrogen and oxygen atoms in total. The molecule has 4 aromatic rings. The molecular weight excluding hydrogens is 414 g/mol. The van der Waals surface area contributed by atoms with Gasteiger partial charge < -0.3 is 14.7 Å². The van der Waals surface area contributed by atoms with Crippen LogP contribution in [0.1, 0.15) is 35.3 Å². The van der Waals surface area contributed by atoms with Crippen molar-refractivity contribution in [3.63, 3.8) is 0 Å². The van der Waals surface area contributed by atoms with Gasteiger partial charge in [0.05, 0.1) is 22.8 Å². The summed E-state index contributed by atoms with van der Waals surface area (Å²) in [4.78, 5) is 31.6. The summed E-state index contributed by atoms with van der Waals surface area (Å²) in [7, 11) is 0. The number of hydrogen-bond donors (Lipinski definition) is 2. The molecule has 2 N–H and O–H groups in total. The Morgan fingerprint density at radius 1 is 1.10 bits per heavy atom. The summed E-state index contributed by atoms with van der Waals surface area (Å²) in [5.74, 6) is 0.440. The number of aromatic amines is 1. The number of H-pyrrole nitrogens is 1. The molecule has 7 heteroatoms. The maximum absolute atomic E-state index is 13.2. The van der Waals surface area contributed by atoms with Crippen LogP contribution in [0.2, 0.25) is 5.15 Å². The van der Waals surface area contributed by atoms with Crippen molar-refractivity contribution in [3.05, 3.63) is 90.7 Å². The van der Waals surface area contributed by atoms with Gasteiger partial charge in [0.1, 0.15) is 16.5 Å². The van der Waals surface area contributed by atoms with Crippen LogP contribution in [0, 0.1) is 20.8 Å². The fourth-order valence-corrected chi connectivity index (χ4v) is 3.90. The Labute approximate surface area is 183 Å². The van der Waals surface area contributed by atoms with Gasteiger partial charge in [0.15, 0.2) is 5.43 Å². The van der Waals surface area contributed by atoms with Crippen molar-refractivity contribution in [3.8, 4) is 11.3 Å². The first-order chi connectivity index (χ1) is 14.7. The highest BCUT2D eigenvalue weighted by Crippen LogP contribution is 2.32. The molecule has 3 aromatic heterocycles.